The first kappa shape index (κ1) is 12.4. The molecule has 17 heavy (non-hydrogen) atoms. The summed E-state index contributed by atoms with van der Waals surface area (Å²) in [4.78, 5) is 5.63. The van der Waals surface area contributed by atoms with Crippen molar-refractivity contribution in [2.75, 3.05) is 0 Å². The standard InChI is InChI=1S/C13H18N2SSi/c1-5-6-10-7-9-8-11(17(2,3)4)16-12(9)13(14)15-10/h8,10H,7H2,1-4H3,(H2,14,15). The molecule has 0 radical (unpaired) electrons. The molecule has 1 atom stereocenters. The van der Waals surface area contributed by atoms with E-state index in [1.807, 2.05) is 18.3 Å². The van der Waals surface area contributed by atoms with Gasteiger partial charge in [0.25, 0.3) is 0 Å². The Hall–Kier alpha value is -1.05. The molecule has 1 aliphatic heterocycles. The zero-order chi connectivity index (χ0) is 12.6. The number of nitrogens with two attached hydrogens (primary N) is 1. The maximum Gasteiger partial charge on any atom is 0.137 e. The van der Waals surface area contributed by atoms with Crippen molar-refractivity contribution in [1.29, 1.82) is 0 Å². The molecule has 0 amide bonds. The molecule has 2 N–H and O–H groups in total. The van der Waals surface area contributed by atoms with Gasteiger partial charge in [-0.15, -0.1) is 17.3 Å². The van der Waals surface area contributed by atoms with Gasteiger partial charge in [-0.2, -0.15) is 0 Å². The lowest BCUT2D eigenvalue weighted by molar-refractivity contribution is 0.822. The van der Waals surface area contributed by atoms with Crippen LogP contribution in [0.3, 0.4) is 0 Å². The van der Waals surface area contributed by atoms with E-state index in [1.165, 1.54) is 14.9 Å². The summed E-state index contributed by atoms with van der Waals surface area (Å²) < 4.78 is 1.51. The monoisotopic (exact) mass is 262 g/mol. The number of aliphatic imine (C=N–C) groups is 1. The SMILES string of the molecule is CC#CC1Cc2cc([Si](C)(C)C)sc2C(N)=N1. The summed E-state index contributed by atoms with van der Waals surface area (Å²) in [5.41, 5.74) is 7.37. The lowest BCUT2D eigenvalue weighted by Crippen LogP contribution is -2.34. The third-order valence-corrected chi connectivity index (χ3v) is 7.58. The van der Waals surface area contributed by atoms with Crippen LogP contribution in [0.1, 0.15) is 17.4 Å². The fourth-order valence-corrected chi connectivity index (χ4v) is 4.89. The molecule has 90 valence electrons. The minimum Gasteiger partial charge on any atom is -0.383 e. The highest BCUT2D eigenvalue weighted by molar-refractivity contribution is 7.27. The van der Waals surface area contributed by atoms with Gasteiger partial charge in [-0.05, 0) is 23.1 Å². The largest absolute Gasteiger partial charge is 0.383 e. The van der Waals surface area contributed by atoms with Crippen LogP contribution in [0, 0.1) is 11.8 Å². The molecule has 2 heterocycles. The van der Waals surface area contributed by atoms with Crippen LogP contribution in [0.5, 0.6) is 0 Å². The Morgan fingerprint density at radius 2 is 2.18 bits per heavy atom. The van der Waals surface area contributed by atoms with Gasteiger partial charge in [0, 0.05) is 6.42 Å². The average molecular weight is 262 g/mol. The highest BCUT2D eigenvalue weighted by Gasteiger charge is 2.26. The molecule has 0 aliphatic carbocycles. The number of rotatable bonds is 1. The molecule has 4 heteroatoms. The van der Waals surface area contributed by atoms with Crippen LogP contribution in [0.4, 0.5) is 0 Å². The van der Waals surface area contributed by atoms with Gasteiger partial charge in [-0.3, -0.25) is 4.99 Å². The van der Waals surface area contributed by atoms with Gasteiger partial charge >= 0.3 is 0 Å². The van der Waals surface area contributed by atoms with Crippen molar-refractivity contribution in [3.8, 4) is 11.8 Å². The van der Waals surface area contributed by atoms with Crippen molar-refractivity contribution in [1.82, 2.24) is 0 Å². The van der Waals surface area contributed by atoms with Crippen LogP contribution in [0.2, 0.25) is 19.6 Å². The first-order chi connectivity index (χ1) is 7.91. The Labute approximate surface area is 108 Å². The number of amidine groups is 1. The molecule has 0 saturated carbocycles. The highest BCUT2D eigenvalue weighted by atomic mass is 32.1. The molecule has 0 saturated heterocycles. The molecular formula is C13H18N2SSi. The quantitative estimate of drug-likeness (QED) is 0.610. The van der Waals surface area contributed by atoms with Crippen LogP contribution in [0.15, 0.2) is 11.1 Å². The van der Waals surface area contributed by atoms with Gasteiger partial charge in [-0.1, -0.05) is 25.6 Å². The normalized spacial score (nSPS) is 19.1. The molecular weight excluding hydrogens is 244 g/mol. The molecule has 1 unspecified atom stereocenters. The lowest BCUT2D eigenvalue weighted by atomic mass is 10.0. The second kappa shape index (κ2) is 4.32. The molecule has 0 bridgehead atoms. The van der Waals surface area contributed by atoms with E-state index in [4.69, 9.17) is 5.73 Å². The van der Waals surface area contributed by atoms with Crippen molar-refractivity contribution >= 4 is 29.7 Å². The van der Waals surface area contributed by atoms with Crippen LogP contribution in [0.25, 0.3) is 0 Å². The maximum absolute atomic E-state index is 6.03. The summed E-state index contributed by atoms with van der Waals surface area (Å²) in [5, 5.41) is 0. The van der Waals surface area contributed by atoms with Gasteiger partial charge in [0.15, 0.2) is 0 Å². The van der Waals surface area contributed by atoms with E-state index in [-0.39, 0.29) is 6.04 Å². The molecule has 1 aliphatic rings. The van der Waals surface area contributed by atoms with Gasteiger partial charge in [0.1, 0.15) is 11.9 Å². The van der Waals surface area contributed by atoms with Crippen LogP contribution >= 0.6 is 11.3 Å². The molecule has 0 spiro atoms. The second-order valence-electron chi connectivity index (χ2n) is 5.34. The number of nitrogens with zero attached hydrogens (tertiary/aromatic N) is 1. The Balaban J connectivity index is 2.41. The molecule has 2 rings (SSSR count). The molecule has 1 aromatic rings. The summed E-state index contributed by atoms with van der Waals surface area (Å²) in [6.07, 6.45) is 0.915. The van der Waals surface area contributed by atoms with Crippen molar-refractivity contribution in [2.24, 2.45) is 10.7 Å². The van der Waals surface area contributed by atoms with Gasteiger partial charge in [0.2, 0.25) is 0 Å². The minimum absolute atomic E-state index is 0.0524. The predicted octanol–water partition coefficient (Wildman–Crippen LogP) is 1.95. The third-order valence-electron chi connectivity index (χ3n) is 2.80. The summed E-state index contributed by atoms with van der Waals surface area (Å²) in [6.45, 7) is 8.94. The maximum atomic E-state index is 6.03. The Morgan fingerprint density at radius 3 is 2.76 bits per heavy atom. The minimum atomic E-state index is -1.25. The van der Waals surface area contributed by atoms with Crippen molar-refractivity contribution in [3.63, 3.8) is 0 Å². The summed E-state index contributed by atoms with van der Waals surface area (Å²) in [6, 6.07) is 2.38. The number of hydrogen-bond donors (Lipinski definition) is 1. The average Bonchev–Trinajstić information content (AvgIpc) is 2.61. The smallest absolute Gasteiger partial charge is 0.137 e. The molecule has 0 aromatic carbocycles. The van der Waals surface area contributed by atoms with Crippen LogP contribution in [-0.4, -0.2) is 20.0 Å². The van der Waals surface area contributed by atoms with Crippen LogP contribution < -0.4 is 10.2 Å². The van der Waals surface area contributed by atoms with E-state index < -0.39 is 8.07 Å². The lowest BCUT2D eigenvalue weighted by Gasteiger charge is -2.13. The number of hydrogen-bond acceptors (Lipinski definition) is 3. The van der Waals surface area contributed by atoms with Crippen molar-refractivity contribution < 1.29 is 0 Å². The van der Waals surface area contributed by atoms with Crippen LogP contribution in [-0.2, 0) is 6.42 Å². The molecule has 0 fully saturated rings. The van der Waals surface area contributed by atoms with E-state index in [0.717, 1.165) is 6.42 Å². The fraction of sp³-hybridized carbons (Fsp3) is 0.462. The van der Waals surface area contributed by atoms with E-state index in [9.17, 15) is 0 Å². The zero-order valence-corrected chi connectivity index (χ0v) is 12.6. The summed E-state index contributed by atoms with van der Waals surface area (Å²) >= 11 is 1.83. The second-order valence-corrected chi connectivity index (χ2v) is 11.8. The van der Waals surface area contributed by atoms with E-state index in [0.29, 0.717) is 5.84 Å². The van der Waals surface area contributed by atoms with Crippen molar-refractivity contribution in [2.45, 2.75) is 39.0 Å². The highest BCUT2D eigenvalue weighted by Crippen LogP contribution is 2.24. The Kier molecular flexibility index (Phi) is 3.15. The molecule has 2 nitrogen and oxygen atoms in total. The summed E-state index contributed by atoms with van der Waals surface area (Å²) in [7, 11) is -1.25. The van der Waals surface area contributed by atoms with Crippen molar-refractivity contribution in [3.05, 3.63) is 16.5 Å². The third kappa shape index (κ3) is 2.45. The van der Waals surface area contributed by atoms with Gasteiger partial charge < -0.3 is 5.73 Å². The van der Waals surface area contributed by atoms with Gasteiger partial charge in [-0.25, -0.2) is 0 Å². The fourth-order valence-electron chi connectivity index (χ4n) is 1.90. The summed E-state index contributed by atoms with van der Waals surface area (Å²) in [5.74, 6) is 6.70. The molecule has 1 aromatic heterocycles. The number of fused-ring (bicyclic) bond motifs is 1. The number of thiophene rings is 1. The Morgan fingerprint density at radius 1 is 1.47 bits per heavy atom. The van der Waals surface area contributed by atoms with Gasteiger partial charge in [0.05, 0.1) is 13.0 Å². The van der Waals surface area contributed by atoms with E-state index in [2.05, 4.69) is 42.5 Å². The predicted molar refractivity (Wildman–Crippen MR) is 79.0 cm³/mol. The van der Waals surface area contributed by atoms with E-state index in [1.54, 1.807) is 0 Å². The first-order valence-corrected chi connectivity index (χ1v) is 10.1. The Bertz CT molecular complexity index is 526. The first-order valence-electron chi connectivity index (χ1n) is 5.81. The zero-order valence-electron chi connectivity index (χ0n) is 10.8. The van der Waals surface area contributed by atoms with E-state index >= 15 is 0 Å². The topological polar surface area (TPSA) is 38.4 Å².